The van der Waals surface area contributed by atoms with Gasteiger partial charge in [0.1, 0.15) is 23.1 Å². The van der Waals surface area contributed by atoms with Gasteiger partial charge in [-0.25, -0.2) is 9.18 Å². The van der Waals surface area contributed by atoms with Gasteiger partial charge in [0.05, 0.1) is 0 Å². The molecule has 5 heteroatoms. The molecule has 3 aromatic carbocycles. The van der Waals surface area contributed by atoms with Gasteiger partial charge in [0.15, 0.2) is 0 Å². The number of benzene rings is 3. The highest BCUT2D eigenvalue weighted by Gasteiger charge is 2.06. The summed E-state index contributed by atoms with van der Waals surface area (Å²) in [5.74, 6) is 1.35. The lowest BCUT2D eigenvalue weighted by Gasteiger charge is -2.08. The Morgan fingerprint density at radius 1 is 0.750 bits per heavy atom. The van der Waals surface area contributed by atoms with E-state index in [1.165, 1.54) is 24.3 Å². The summed E-state index contributed by atoms with van der Waals surface area (Å²) in [4.78, 5) is 11.8. The van der Waals surface area contributed by atoms with Crippen LogP contribution in [0.5, 0.6) is 17.2 Å². The quantitative estimate of drug-likeness (QED) is 0.715. The third kappa shape index (κ3) is 4.33. The molecule has 1 N–H and O–H groups in total. The third-order valence-electron chi connectivity index (χ3n) is 3.10. The molecule has 3 aromatic rings. The van der Waals surface area contributed by atoms with E-state index in [0.29, 0.717) is 17.2 Å². The Morgan fingerprint density at radius 3 is 2.00 bits per heavy atom. The molecule has 0 aromatic heterocycles. The topological polar surface area (TPSA) is 47.6 Å². The number of nitrogens with one attached hydrogen (secondary N) is 1. The molecular formula is C19H14FNO3. The number of amides is 1. The second kappa shape index (κ2) is 7.28. The summed E-state index contributed by atoms with van der Waals surface area (Å²) in [5, 5.41) is 2.51. The Labute approximate surface area is 138 Å². The SMILES string of the molecule is O=C(Nc1ccc(F)cc1)Oc1ccc(Oc2ccccc2)cc1. The van der Waals surface area contributed by atoms with E-state index < -0.39 is 6.09 Å². The van der Waals surface area contributed by atoms with E-state index in [1.54, 1.807) is 24.3 Å². The van der Waals surface area contributed by atoms with Crippen LogP contribution in [0.3, 0.4) is 0 Å². The van der Waals surface area contributed by atoms with Crippen LogP contribution in [-0.2, 0) is 0 Å². The van der Waals surface area contributed by atoms with E-state index in [0.717, 1.165) is 5.75 Å². The molecule has 0 fully saturated rings. The molecule has 0 bridgehead atoms. The standard InChI is InChI=1S/C19H14FNO3/c20-14-6-8-15(9-7-14)21-19(22)24-18-12-10-17(11-13-18)23-16-4-2-1-3-5-16/h1-13H,(H,21,22). The fourth-order valence-corrected chi connectivity index (χ4v) is 1.98. The first-order valence-electron chi connectivity index (χ1n) is 7.26. The van der Waals surface area contributed by atoms with Crippen molar-refractivity contribution in [2.45, 2.75) is 0 Å². The average Bonchev–Trinajstić information content (AvgIpc) is 2.60. The minimum Gasteiger partial charge on any atom is -0.457 e. The molecule has 0 spiro atoms. The molecule has 4 nitrogen and oxygen atoms in total. The fraction of sp³-hybridized carbons (Fsp3) is 0. The monoisotopic (exact) mass is 323 g/mol. The van der Waals surface area contributed by atoms with E-state index in [4.69, 9.17) is 9.47 Å². The molecule has 0 saturated carbocycles. The van der Waals surface area contributed by atoms with Crippen molar-refractivity contribution >= 4 is 11.8 Å². The van der Waals surface area contributed by atoms with Crippen LogP contribution < -0.4 is 14.8 Å². The van der Waals surface area contributed by atoms with Gasteiger partial charge in [-0.3, -0.25) is 5.32 Å². The first-order valence-corrected chi connectivity index (χ1v) is 7.26. The Balaban J connectivity index is 1.57. The highest BCUT2D eigenvalue weighted by atomic mass is 19.1. The average molecular weight is 323 g/mol. The van der Waals surface area contributed by atoms with Crippen LogP contribution in [0.1, 0.15) is 0 Å². The van der Waals surface area contributed by atoms with Crippen LogP contribution in [0, 0.1) is 5.82 Å². The van der Waals surface area contributed by atoms with E-state index >= 15 is 0 Å². The largest absolute Gasteiger partial charge is 0.457 e. The summed E-state index contributed by atoms with van der Waals surface area (Å²) < 4.78 is 23.6. The molecule has 1 amide bonds. The number of ether oxygens (including phenoxy) is 2. The van der Waals surface area contributed by atoms with E-state index in [2.05, 4.69) is 5.32 Å². The van der Waals surface area contributed by atoms with Crippen molar-refractivity contribution < 1.29 is 18.7 Å². The van der Waals surface area contributed by atoms with Gasteiger partial charge in [-0.05, 0) is 60.7 Å². The second-order valence-electron chi connectivity index (χ2n) is 4.91. The van der Waals surface area contributed by atoms with Gasteiger partial charge in [-0.15, -0.1) is 0 Å². The van der Waals surface area contributed by atoms with Gasteiger partial charge in [-0.1, -0.05) is 18.2 Å². The lowest BCUT2D eigenvalue weighted by atomic mass is 10.3. The maximum Gasteiger partial charge on any atom is 0.417 e. The van der Waals surface area contributed by atoms with Crippen LogP contribution in [0.15, 0.2) is 78.9 Å². The Bertz CT molecular complexity index is 802. The highest BCUT2D eigenvalue weighted by Crippen LogP contribution is 2.23. The normalized spacial score (nSPS) is 10.0. The van der Waals surface area contributed by atoms with Crippen LogP contribution in [0.2, 0.25) is 0 Å². The van der Waals surface area contributed by atoms with Crippen molar-refractivity contribution in [1.82, 2.24) is 0 Å². The van der Waals surface area contributed by atoms with Crippen molar-refractivity contribution in [2.24, 2.45) is 0 Å². The summed E-state index contributed by atoms with van der Waals surface area (Å²) in [6, 6.07) is 21.4. The number of carbonyl (C=O) groups is 1. The molecule has 0 aliphatic heterocycles. The molecule has 0 unspecified atom stereocenters. The Kier molecular flexibility index (Phi) is 4.72. The number of hydrogen-bond donors (Lipinski definition) is 1. The molecule has 0 saturated heterocycles. The summed E-state index contributed by atoms with van der Waals surface area (Å²) in [7, 11) is 0. The van der Waals surface area contributed by atoms with Crippen LogP contribution >= 0.6 is 0 Å². The molecule has 0 heterocycles. The zero-order valence-electron chi connectivity index (χ0n) is 12.6. The third-order valence-corrected chi connectivity index (χ3v) is 3.10. The first-order chi connectivity index (χ1) is 11.7. The summed E-state index contributed by atoms with van der Waals surface area (Å²) >= 11 is 0. The van der Waals surface area contributed by atoms with Crippen LogP contribution in [0.4, 0.5) is 14.9 Å². The lowest BCUT2D eigenvalue weighted by Crippen LogP contribution is -2.16. The lowest BCUT2D eigenvalue weighted by molar-refractivity contribution is 0.215. The van der Waals surface area contributed by atoms with Gasteiger partial charge >= 0.3 is 6.09 Å². The number of hydrogen-bond acceptors (Lipinski definition) is 3. The van der Waals surface area contributed by atoms with E-state index in [-0.39, 0.29) is 5.82 Å². The molecule has 0 atom stereocenters. The maximum absolute atomic E-state index is 12.8. The van der Waals surface area contributed by atoms with E-state index in [1.807, 2.05) is 30.3 Å². The van der Waals surface area contributed by atoms with Gasteiger partial charge in [0.25, 0.3) is 0 Å². The summed E-state index contributed by atoms with van der Waals surface area (Å²) in [5.41, 5.74) is 0.449. The number of anilines is 1. The minimum absolute atomic E-state index is 0.370. The van der Waals surface area contributed by atoms with E-state index in [9.17, 15) is 9.18 Å². The van der Waals surface area contributed by atoms with Crippen molar-refractivity contribution in [3.63, 3.8) is 0 Å². The zero-order chi connectivity index (χ0) is 16.8. The van der Waals surface area contributed by atoms with Gasteiger partial charge < -0.3 is 9.47 Å². The van der Waals surface area contributed by atoms with Crippen molar-refractivity contribution in [3.8, 4) is 17.2 Å². The van der Waals surface area contributed by atoms with Crippen LogP contribution in [0.25, 0.3) is 0 Å². The fourth-order valence-electron chi connectivity index (χ4n) is 1.98. The molecule has 0 aliphatic carbocycles. The van der Waals surface area contributed by atoms with Gasteiger partial charge in [-0.2, -0.15) is 0 Å². The van der Waals surface area contributed by atoms with Crippen molar-refractivity contribution in [3.05, 3.63) is 84.7 Å². The Hall–Kier alpha value is -3.34. The minimum atomic E-state index is -0.654. The van der Waals surface area contributed by atoms with Crippen molar-refractivity contribution in [2.75, 3.05) is 5.32 Å². The molecule has 24 heavy (non-hydrogen) atoms. The molecule has 0 aliphatic rings. The Morgan fingerprint density at radius 2 is 1.33 bits per heavy atom. The van der Waals surface area contributed by atoms with Gasteiger partial charge in [0.2, 0.25) is 0 Å². The first kappa shape index (κ1) is 15.6. The van der Waals surface area contributed by atoms with Crippen molar-refractivity contribution in [1.29, 1.82) is 0 Å². The predicted octanol–water partition coefficient (Wildman–Crippen LogP) is 5.23. The summed E-state index contributed by atoms with van der Waals surface area (Å²) in [6.07, 6.45) is -0.654. The summed E-state index contributed by atoms with van der Waals surface area (Å²) in [6.45, 7) is 0. The number of halogens is 1. The van der Waals surface area contributed by atoms with Gasteiger partial charge in [0, 0.05) is 5.69 Å². The molecule has 0 radical (unpaired) electrons. The zero-order valence-corrected chi connectivity index (χ0v) is 12.6. The molecule has 120 valence electrons. The molecular weight excluding hydrogens is 309 g/mol. The second-order valence-corrected chi connectivity index (χ2v) is 4.91. The maximum atomic E-state index is 12.8. The van der Waals surface area contributed by atoms with Crippen LogP contribution in [-0.4, -0.2) is 6.09 Å². The highest BCUT2D eigenvalue weighted by molar-refractivity contribution is 5.86. The molecule has 3 rings (SSSR count). The predicted molar refractivity (Wildman–Crippen MR) is 89.0 cm³/mol. The smallest absolute Gasteiger partial charge is 0.417 e. The number of carbonyl (C=O) groups excluding carboxylic acids is 1. The number of rotatable bonds is 4. The number of para-hydroxylation sites is 1.